The van der Waals surface area contributed by atoms with Gasteiger partial charge >= 0.3 is 5.97 Å². The third kappa shape index (κ3) is 3.87. The number of nitrogens with two attached hydrogens (primary N) is 1. The number of esters is 1. The van der Waals surface area contributed by atoms with Crippen LogP contribution in [0.4, 0.5) is 0 Å². The number of quaternary nitrogens is 1. The van der Waals surface area contributed by atoms with E-state index < -0.39 is 0 Å². The number of carbonyl (C=O) groups excluding carboxylic acids is 2. The van der Waals surface area contributed by atoms with Crippen molar-refractivity contribution in [1.82, 2.24) is 0 Å². The summed E-state index contributed by atoms with van der Waals surface area (Å²) in [4.78, 5) is 23.3. The number of likely N-dealkylation sites (tertiary alicyclic amines) is 1. The van der Waals surface area contributed by atoms with Gasteiger partial charge in [0.1, 0.15) is 5.92 Å². The number of nitrogens with one attached hydrogen (secondary N) is 1. The SMILES string of the molecule is CCOC(=O)[C@@H]1CCC[NH+](CC(N)=O)C1. The largest absolute Gasteiger partial charge is 0.466 e. The second kappa shape index (κ2) is 5.70. The molecule has 1 heterocycles. The highest BCUT2D eigenvalue weighted by Crippen LogP contribution is 2.09. The van der Waals surface area contributed by atoms with Gasteiger partial charge in [-0.2, -0.15) is 0 Å². The Hall–Kier alpha value is -1.10. The Morgan fingerprint density at radius 3 is 2.87 bits per heavy atom. The molecule has 15 heavy (non-hydrogen) atoms. The van der Waals surface area contributed by atoms with Gasteiger partial charge in [-0.15, -0.1) is 0 Å². The van der Waals surface area contributed by atoms with Gasteiger partial charge in [0.05, 0.1) is 19.7 Å². The normalized spacial score (nSPS) is 25.9. The Bertz CT molecular complexity index is 243. The molecular formula is C10H19N2O3+. The zero-order valence-electron chi connectivity index (χ0n) is 9.12. The Labute approximate surface area is 89.6 Å². The maximum Gasteiger partial charge on any atom is 0.314 e. The van der Waals surface area contributed by atoms with Gasteiger partial charge in [0.25, 0.3) is 5.91 Å². The first kappa shape index (κ1) is 12.0. The summed E-state index contributed by atoms with van der Waals surface area (Å²) in [6, 6.07) is 0. The number of carbonyl (C=O) groups is 2. The molecule has 1 rings (SSSR count). The highest BCUT2D eigenvalue weighted by atomic mass is 16.5. The quantitative estimate of drug-likeness (QED) is 0.551. The van der Waals surface area contributed by atoms with Gasteiger partial charge in [0.15, 0.2) is 6.54 Å². The van der Waals surface area contributed by atoms with E-state index in [1.807, 2.05) is 0 Å². The van der Waals surface area contributed by atoms with E-state index in [-0.39, 0.29) is 17.8 Å². The molecule has 1 unspecified atom stereocenters. The molecule has 1 fully saturated rings. The van der Waals surface area contributed by atoms with Crippen LogP contribution in [0, 0.1) is 5.92 Å². The third-order valence-electron chi connectivity index (χ3n) is 2.66. The van der Waals surface area contributed by atoms with Gasteiger partial charge in [-0.05, 0) is 19.8 Å². The van der Waals surface area contributed by atoms with Gasteiger partial charge in [-0.1, -0.05) is 0 Å². The zero-order chi connectivity index (χ0) is 11.3. The second-order valence-electron chi connectivity index (χ2n) is 3.94. The van der Waals surface area contributed by atoms with Crippen LogP contribution in [0.5, 0.6) is 0 Å². The van der Waals surface area contributed by atoms with Crippen molar-refractivity contribution in [1.29, 1.82) is 0 Å². The van der Waals surface area contributed by atoms with Crippen molar-refractivity contribution < 1.29 is 19.2 Å². The number of rotatable bonds is 4. The van der Waals surface area contributed by atoms with Gasteiger partial charge in [-0.3, -0.25) is 9.59 Å². The van der Waals surface area contributed by atoms with E-state index in [1.54, 1.807) is 6.92 Å². The maximum absolute atomic E-state index is 11.5. The average molecular weight is 215 g/mol. The van der Waals surface area contributed by atoms with E-state index in [2.05, 4.69) is 0 Å². The van der Waals surface area contributed by atoms with E-state index in [9.17, 15) is 9.59 Å². The van der Waals surface area contributed by atoms with Crippen molar-refractivity contribution in [2.45, 2.75) is 19.8 Å². The van der Waals surface area contributed by atoms with Crippen LogP contribution in [-0.4, -0.2) is 38.1 Å². The molecule has 86 valence electrons. The van der Waals surface area contributed by atoms with E-state index in [0.29, 0.717) is 19.7 Å². The molecule has 0 bridgehead atoms. The summed E-state index contributed by atoms with van der Waals surface area (Å²) in [5, 5.41) is 0. The molecule has 0 saturated carbocycles. The first-order valence-corrected chi connectivity index (χ1v) is 5.42. The summed E-state index contributed by atoms with van der Waals surface area (Å²) in [5.41, 5.74) is 5.13. The molecule has 1 aliphatic heterocycles. The van der Waals surface area contributed by atoms with Gasteiger partial charge in [0, 0.05) is 0 Å². The first-order chi connectivity index (χ1) is 7.13. The molecular weight excluding hydrogens is 196 g/mol. The molecule has 0 radical (unpaired) electrons. The van der Waals surface area contributed by atoms with Crippen molar-refractivity contribution in [2.24, 2.45) is 11.7 Å². The lowest BCUT2D eigenvalue weighted by atomic mass is 9.98. The van der Waals surface area contributed by atoms with Crippen LogP contribution in [0.25, 0.3) is 0 Å². The van der Waals surface area contributed by atoms with Crippen molar-refractivity contribution >= 4 is 11.9 Å². The minimum Gasteiger partial charge on any atom is -0.466 e. The fourth-order valence-corrected chi connectivity index (χ4v) is 2.02. The molecule has 0 aromatic rings. The second-order valence-corrected chi connectivity index (χ2v) is 3.94. The van der Waals surface area contributed by atoms with Gasteiger partial charge in [-0.25, -0.2) is 0 Å². The van der Waals surface area contributed by atoms with Crippen LogP contribution in [0.2, 0.25) is 0 Å². The lowest BCUT2D eigenvalue weighted by molar-refractivity contribution is -0.899. The van der Waals surface area contributed by atoms with E-state index >= 15 is 0 Å². The number of piperidine rings is 1. The van der Waals surface area contributed by atoms with Crippen molar-refractivity contribution in [2.75, 3.05) is 26.2 Å². The molecule has 5 heteroatoms. The van der Waals surface area contributed by atoms with Crippen LogP contribution >= 0.6 is 0 Å². The molecule has 1 amide bonds. The first-order valence-electron chi connectivity index (χ1n) is 5.42. The fraction of sp³-hybridized carbons (Fsp3) is 0.800. The predicted molar refractivity (Wildman–Crippen MR) is 54.1 cm³/mol. The zero-order valence-corrected chi connectivity index (χ0v) is 9.12. The smallest absolute Gasteiger partial charge is 0.314 e. The summed E-state index contributed by atoms with van der Waals surface area (Å²) in [6.07, 6.45) is 1.81. The molecule has 0 aromatic carbocycles. The molecule has 1 aliphatic rings. The van der Waals surface area contributed by atoms with Crippen LogP contribution in [-0.2, 0) is 14.3 Å². The minimum atomic E-state index is -0.311. The topological polar surface area (TPSA) is 73.8 Å². The molecule has 2 atom stereocenters. The number of hydrogen-bond acceptors (Lipinski definition) is 3. The number of ether oxygens (including phenoxy) is 1. The van der Waals surface area contributed by atoms with Crippen molar-refractivity contribution in [3.8, 4) is 0 Å². The third-order valence-corrected chi connectivity index (χ3v) is 2.66. The Balaban J connectivity index is 2.41. The summed E-state index contributed by atoms with van der Waals surface area (Å²) >= 11 is 0. The maximum atomic E-state index is 11.5. The lowest BCUT2D eigenvalue weighted by Gasteiger charge is -2.27. The van der Waals surface area contributed by atoms with Gasteiger partial charge in [0.2, 0.25) is 0 Å². The van der Waals surface area contributed by atoms with Crippen molar-refractivity contribution in [3.63, 3.8) is 0 Å². The summed E-state index contributed by atoms with van der Waals surface area (Å²) < 4.78 is 4.97. The standard InChI is InChI=1S/C10H18N2O3/c1-2-15-10(14)8-4-3-5-12(6-8)7-9(11)13/h8H,2-7H2,1H3,(H2,11,13)/p+1/t8-/m1/s1. The number of primary amides is 1. The highest BCUT2D eigenvalue weighted by Gasteiger charge is 2.30. The fourth-order valence-electron chi connectivity index (χ4n) is 2.02. The molecule has 1 saturated heterocycles. The number of hydrogen-bond donors (Lipinski definition) is 2. The lowest BCUT2D eigenvalue weighted by Crippen LogP contribution is -3.14. The summed E-state index contributed by atoms with van der Waals surface area (Å²) in [6.45, 7) is 4.12. The summed E-state index contributed by atoms with van der Waals surface area (Å²) in [5.74, 6) is -0.512. The minimum absolute atomic E-state index is 0.0620. The Morgan fingerprint density at radius 1 is 1.53 bits per heavy atom. The highest BCUT2D eigenvalue weighted by molar-refractivity contribution is 5.75. The van der Waals surface area contributed by atoms with E-state index in [0.717, 1.165) is 24.3 Å². The molecule has 3 N–H and O–H groups in total. The summed E-state index contributed by atoms with van der Waals surface area (Å²) in [7, 11) is 0. The van der Waals surface area contributed by atoms with Crippen LogP contribution in [0.1, 0.15) is 19.8 Å². The molecule has 0 aromatic heterocycles. The Kier molecular flexibility index (Phi) is 4.55. The van der Waals surface area contributed by atoms with Crippen LogP contribution in [0.3, 0.4) is 0 Å². The molecule has 0 aliphatic carbocycles. The predicted octanol–water partition coefficient (Wildman–Crippen LogP) is -1.67. The van der Waals surface area contributed by atoms with Crippen molar-refractivity contribution in [3.05, 3.63) is 0 Å². The molecule has 0 spiro atoms. The van der Waals surface area contributed by atoms with Gasteiger partial charge < -0.3 is 15.4 Å². The molecule has 5 nitrogen and oxygen atoms in total. The van der Waals surface area contributed by atoms with E-state index in [1.165, 1.54) is 0 Å². The number of amides is 1. The monoisotopic (exact) mass is 215 g/mol. The Morgan fingerprint density at radius 2 is 2.27 bits per heavy atom. The van der Waals surface area contributed by atoms with Crippen LogP contribution < -0.4 is 10.6 Å². The average Bonchev–Trinajstić information content (AvgIpc) is 2.17. The van der Waals surface area contributed by atoms with Crippen LogP contribution in [0.15, 0.2) is 0 Å². The van der Waals surface area contributed by atoms with E-state index in [4.69, 9.17) is 10.5 Å².